The summed E-state index contributed by atoms with van der Waals surface area (Å²) in [7, 11) is 0. The molecule has 0 atom stereocenters. The van der Waals surface area contributed by atoms with Crippen LogP contribution in [0.15, 0.2) is 18.2 Å². The Balaban J connectivity index is 2.73. The SMILES string of the molecule is CC(C)(C)OC(=O)Nc1ccc(Cl)c(CCBr)c1. The molecule has 1 N–H and O–H groups in total. The van der Waals surface area contributed by atoms with Gasteiger partial charge in [-0.3, -0.25) is 5.32 Å². The van der Waals surface area contributed by atoms with Crippen LogP contribution in [0.3, 0.4) is 0 Å². The number of alkyl halides is 1. The largest absolute Gasteiger partial charge is 0.444 e. The van der Waals surface area contributed by atoms with E-state index in [0.717, 1.165) is 17.3 Å². The number of carbonyl (C=O) groups is 1. The Morgan fingerprint density at radius 3 is 2.67 bits per heavy atom. The molecular weight excluding hydrogens is 318 g/mol. The lowest BCUT2D eigenvalue weighted by Crippen LogP contribution is -2.27. The van der Waals surface area contributed by atoms with E-state index in [1.54, 1.807) is 12.1 Å². The van der Waals surface area contributed by atoms with Crippen LogP contribution in [-0.2, 0) is 11.2 Å². The number of aryl methyl sites for hydroxylation is 1. The molecule has 1 aromatic rings. The lowest BCUT2D eigenvalue weighted by molar-refractivity contribution is 0.0636. The van der Waals surface area contributed by atoms with Gasteiger partial charge in [-0.1, -0.05) is 27.5 Å². The molecule has 0 aliphatic heterocycles. The van der Waals surface area contributed by atoms with Crippen molar-refractivity contribution in [3.8, 4) is 0 Å². The van der Waals surface area contributed by atoms with Crippen molar-refractivity contribution < 1.29 is 9.53 Å². The van der Waals surface area contributed by atoms with Gasteiger partial charge in [0.15, 0.2) is 0 Å². The van der Waals surface area contributed by atoms with Crippen molar-refractivity contribution in [2.75, 3.05) is 10.6 Å². The van der Waals surface area contributed by atoms with Crippen molar-refractivity contribution in [1.82, 2.24) is 0 Å². The summed E-state index contributed by atoms with van der Waals surface area (Å²) in [5.74, 6) is 0. The summed E-state index contributed by atoms with van der Waals surface area (Å²) in [5, 5.41) is 4.21. The summed E-state index contributed by atoms with van der Waals surface area (Å²) >= 11 is 9.42. The number of rotatable bonds is 3. The number of ether oxygens (including phenoxy) is 1. The van der Waals surface area contributed by atoms with E-state index in [9.17, 15) is 4.79 Å². The number of halogens is 2. The summed E-state index contributed by atoms with van der Waals surface area (Å²) in [6, 6.07) is 5.38. The van der Waals surface area contributed by atoms with Gasteiger partial charge in [0.1, 0.15) is 5.60 Å². The van der Waals surface area contributed by atoms with Crippen LogP contribution < -0.4 is 5.32 Å². The molecule has 1 rings (SSSR count). The normalized spacial score (nSPS) is 11.2. The Labute approximate surface area is 121 Å². The van der Waals surface area contributed by atoms with E-state index in [1.807, 2.05) is 26.8 Å². The third-order valence-corrected chi connectivity index (χ3v) is 2.82. The molecule has 0 aliphatic carbocycles. The molecule has 0 unspecified atom stereocenters. The summed E-state index contributed by atoms with van der Waals surface area (Å²) < 4.78 is 5.18. The van der Waals surface area contributed by atoms with E-state index in [0.29, 0.717) is 10.7 Å². The van der Waals surface area contributed by atoms with Gasteiger partial charge in [0.25, 0.3) is 0 Å². The molecule has 1 amide bonds. The Bertz CT molecular complexity index is 429. The molecule has 0 saturated heterocycles. The number of nitrogens with one attached hydrogen (secondary N) is 1. The minimum Gasteiger partial charge on any atom is -0.444 e. The van der Waals surface area contributed by atoms with Crippen molar-refractivity contribution in [2.45, 2.75) is 32.8 Å². The predicted molar refractivity (Wildman–Crippen MR) is 78.8 cm³/mol. The Hall–Kier alpha value is -0.740. The van der Waals surface area contributed by atoms with Crippen LogP contribution in [0.2, 0.25) is 5.02 Å². The zero-order valence-electron chi connectivity index (χ0n) is 10.7. The number of benzene rings is 1. The lowest BCUT2D eigenvalue weighted by Gasteiger charge is -2.19. The first-order valence-corrected chi connectivity index (χ1v) is 7.16. The maximum atomic E-state index is 11.6. The van der Waals surface area contributed by atoms with E-state index < -0.39 is 11.7 Å². The predicted octanol–water partition coefficient (Wildman–Crippen LogP) is 4.62. The Kier molecular flexibility index (Phi) is 5.47. The minimum atomic E-state index is -0.505. The number of amides is 1. The molecular formula is C13H17BrClNO2. The zero-order valence-corrected chi connectivity index (χ0v) is 13.1. The van der Waals surface area contributed by atoms with Gasteiger partial charge in [-0.25, -0.2) is 4.79 Å². The number of hydrogen-bond donors (Lipinski definition) is 1. The fourth-order valence-electron chi connectivity index (χ4n) is 1.37. The third kappa shape index (κ3) is 5.27. The summed E-state index contributed by atoms with van der Waals surface area (Å²) in [5.41, 5.74) is 1.17. The van der Waals surface area contributed by atoms with Crippen molar-refractivity contribution in [2.24, 2.45) is 0 Å². The van der Waals surface area contributed by atoms with Gasteiger partial charge in [0.2, 0.25) is 0 Å². The number of carbonyl (C=O) groups excluding carboxylic acids is 1. The molecule has 3 nitrogen and oxygen atoms in total. The standard InChI is InChI=1S/C13H17BrClNO2/c1-13(2,3)18-12(17)16-10-4-5-11(15)9(8-10)6-7-14/h4-5,8H,6-7H2,1-3H3,(H,16,17). The second kappa shape index (κ2) is 6.43. The van der Waals surface area contributed by atoms with Crippen LogP contribution >= 0.6 is 27.5 Å². The Morgan fingerprint density at radius 2 is 2.11 bits per heavy atom. The minimum absolute atomic E-state index is 0.463. The van der Waals surface area contributed by atoms with E-state index in [1.165, 1.54) is 0 Å². The van der Waals surface area contributed by atoms with Crippen molar-refractivity contribution in [3.63, 3.8) is 0 Å². The van der Waals surface area contributed by atoms with Gasteiger partial charge in [-0.15, -0.1) is 0 Å². The highest BCUT2D eigenvalue weighted by atomic mass is 79.9. The highest BCUT2D eigenvalue weighted by Crippen LogP contribution is 2.22. The molecule has 0 bridgehead atoms. The van der Waals surface area contributed by atoms with Crippen LogP contribution in [0.4, 0.5) is 10.5 Å². The molecule has 5 heteroatoms. The van der Waals surface area contributed by atoms with Gasteiger partial charge in [-0.2, -0.15) is 0 Å². The average Bonchev–Trinajstić information content (AvgIpc) is 2.20. The second-order valence-corrected chi connectivity index (χ2v) is 6.07. The topological polar surface area (TPSA) is 38.3 Å². The first-order valence-electron chi connectivity index (χ1n) is 5.66. The Morgan fingerprint density at radius 1 is 1.44 bits per heavy atom. The molecule has 0 radical (unpaired) electrons. The highest BCUT2D eigenvalue weighted by molar-refractivity contribution is 9.09. The summed E-state index contributed by atoms with van der Waals surface area (Å²) in [6.07, 6.45) is 0.345. The molecule has 18 heavy (non-hydrogen) atoms. The molecule has 0 aromatic heterocycles. The van der Waals surface area contributed by atoms with Crippen LogP contribution in [0, 0.1) is 0 Å². The lowest BCUT2D eigenvalue weighted by atomic mass is 10.1. The van der Waals surface area contributed by atoms with E-state index in [-0.39, 0.29) is 0 Å². The zero-order chi connectivity index (χ0) is 13.8. The van der Waals surface area contributed by atoms with Crippen molar-refractivity contribution >= 4 is 39.3 Å². The van der Waals surface area contributed by atoms with Gasteiger partial charge >= 0.3 is 6.09 Å². The summed E-state index contributed by atoms with van der Waals surface area (Å²) in [4.78, 5) is 11.6. The smallest absolute Gasteiger partial charge is 0.412 e. The van der Waals surface area contributed by atoms with E-state index >= 15 is 0 Å². The molecule has 1 aromatic carbocycles. The average molecular weight is 335 g/mol. The van der Waals surface area contributed by atoms with E-state index in [4.69, 9.17) is 16.3 Å². The molecule has 0 heterocycles. The maximum absolute atomic E-state index is 11.6. The number of hydrogen-bond acceptors (Lipinski definition) is 2. The van der Waals surface area contributed by atoms with Gasteiger partial charge < -0.3 is 4.74 Å². The summed E-state index contributed by atoms with van der Waals surface area (Å²) in [6.45, 7) is 5.47. The van der Waals surface area contributed by atoms with Crippen LogP contribution in [0.1, 0.15) is 26.3 Å². The van der Waals surface area contributed by atoms with Gasteiger partial charge in [0.05, 0.1) is 0 Å². The number of anilines is 1. The highest BCUT2D eigenvalue weighted by Gasteiger charge is 2.16. The molecule has 100 valence electrons. The molecule has 0 saturated carbocycles. The first kappa shape index (κ1) is 15.3. The van der Waals surface area contributed by atoms with E-state index in [2.05, 4.69) is 21.2 Å². The van der Waals surface area contributed by atoms with Crippen molar-refractivity contribution in [1.29, 1.82) is 0 Å². The molecule has 0 aliphatic rings. The fraction of sp³-hybridized carbons (Fsp3) is 0.462. The molecule has 0 fully saturated rings. The first-order chi connectivity index (χ1) is 8.31. The van der Waals surface area contributed by atoms with Crippen molar-refractivity contribution in [3.05, 3.63) is 28.8 Å². The third-order valence-electron chi connectivity index (χ3n) is 2.05. The molecule has 0 spiro atoms. The van der Waals surface area contributed by atoms with Crippen LogP contribution in [0.5, 0.6) is 0 Å². The quantitative estimate of drug-likeness (QED) is 0.819. The maximum Gasteiger partial charge on any atom is 0.412 e. The van der Waals surface area contributed by atoms with Crippen LogP contribution in [-0.4, -0.2) is 17.0 Å². The van der Waals surface area contributed by atoms with Crippen LogP contribution in [0.25, 0.3) is 0 Å². The monoisotopic (exact) mass is 333 g/mol. The van der Waals surface area contributed by atoms with Gasteiger partial charge in [0, 0.05) is 16.0 Å². The second-order valence-electron chi connectivity index (χ2n) is 4.87. The van der Waals surface area contributed by atoms with Gasteiger partial charge in [-0.05, 0) is 51.0 Å². The fourth-order valence-corrected chi connectivity index (χ4v) is 2.01.